The van der Waals surface area contributed by atoms with Gasteiger partial charge in [0.15, 0.2) is 5.82 Å². The van der Waals surface area contributed by atoms with Gasteiger partial charge in [0.25, 0.3) is 0 Å². The predicted octanol–water partition coefficient (Wildman–Crippen LogP) is 4.68. The van der Waals surface area contributed by atoms with Crippen LogP contribution in [0.3, 0.4) is 0 Å². The highest BCUT2D eigenvalue weighted by Gasteiger charge is 2.12. The minimum atomic E-state index is -0.482. The van der Waals surface area contributed by atoms with Gasteiger partial charge in [-0.2, -0.15) is 4.98 Å². The van der Waals surface area contributed by atoms with Gasteiger partial charge >= 0.3 is 5.69 Å². The van der Waals surface area contributed by atoms with Crippen LogP contribution in [0.15, 0.2) is 41.2 Å². The van der Waals surface area contributed by atoms with Crippen LogP contribution in [0.2, 0.25) is 10.0 Å². The summed E-state index contributed by atoms with van der Waals surface area (Å²) in [6.07, 6.45) is 0.861. The number of nitrogens with one attached hydrogen (secondary N) is 1. The molecule has 0 saturated carbocycles. The van der Waals surface area contributed by atoms with Crippen LogP contribution < -0.4 is 5.69 Å². The summed E-state index contributed by atoms with van der Waals surface area (Å²) in [4.78, 5) is 23.1. The quantitative estimate of drug-likeness (QED) is 0.738. The van der Waals surface area contributed by atoms with Crippen molar-refractivity contribution in [3.05, 3.63) is 68.1 Å². The molecule has 3 aromatic rings. The lowest BCUT2D eigenvalue weighted by molar-refractivity contribution is 1.00. The van der Waals surface area contributed by atoms with Gasteiger partial charge in [0.05, 0.1) is 5.02 Å². The Balaban J connectivity index is 2.16. The van der Waals surface area contributed by atoms with Crippen molar-refractivity contribution >= 4 is 23.2 Å². The third kappa shape index (κ3) is 3.35. The fraction of sp³-hybridized carbons (Fsp3) is 0.167. The van der Waals surface area contributed by atoms with Gasteiger partial charge in [0.2, 0.25) is 0 Å². The van der Waals surface area contributed by atoms with E-state index in [2.05, 4.69) is 21.9 Å². The molecule has 1 heterocycles. The van der Waals surface area contributed by atoms with E-state index in [1.54, 1.807) is 12.1 Å². The molecule has 0 aliphatic carbocycles. The van der Waals surface area contributed by atoms with Gasteiger partial charge in [0.1, 0.15) is 5.82 Å². The number of benzene rings is 2. The van der Waals surface area contributed by atoms with E-state index in [1.165, 1.54) is 0 Å². The summed E-state index contributed by atoms with van der Waals surface area (Å²) in [6, 6.07) is 11.1. The largest absolute Gasteiger partial charge is 0.348 e. The lowest BCUT2D eigenvalue weighted by Crippen LogP contribution is -2.14. The highest BCUT2D eigenvalue weighted by Crippen LogP contribution is 2.28. The topological polar surface area (TPSA) is 58.6 Å². The smallest absolute Gasteiger partial charge is 0.290 e. The van der Waals surface area contributed by atoms with Crippen LogP contribution in [0.25, 0.3) is 22.8 Å². The number of halogens is 2. The monoisotopic (exact) mass is 359 g/mol. The number of H-pyrrole nitrogens is 1. The molecule has 0 bridgehead atoms. The molecular weight excluding hydrogens is 345 g/mol. The van der Waals surface area contributed by atoms with Gasteiger partial charge in [-0.15, -0.1) is 0 Å². The van der Waals surface area contributed by atoms with Gasteiger partial charge in [-0.25, -0.2) is 9.78 Å². The average molecular weight is 360 g/mol. The number of rotatable bonds is 3. The zero-order valence-electron chi connectivity index (χ0n) is 13.2. The molecule has 0 spiro atoms. The molecular formula is C18H15Cl2N3O. The van der Waals surface area contributed by atoms with Crippen molar-refractivity contribution in [1.82, 2.24) is 15.0 Å². The standard InChI is InChI=1S/C18H15Cl2N3O/c1-3-11-5-7-14(19)13(8-11)17-21-16(22-18(24)23-17)12-6-4-10(2)15(20)9-12/h4-9H,3H2,1-2H3,(H,21,22,23,24). The number of aromatic amines is 1. The minimum absolute atomic E-state index is 0.314. The Bertz CT molecular complexity index is 967. The van der Waals surface area contributed by atoms with Crippen LogP contribution in [0, 0.1) is 6.92 Å². The first-order chi connectivity index (χ1) is 11.5. The van der Waals surface area contributed by atoms with Crippen LogP contribution in [0.4, 0.5) is 0 Å². The van der Waals surface area contributed by atoms with Crippen molar-refractivity contribution in [1.29, 1.82) is 0 Å². The molecule has 1 N–H and O–H groups in total. The summed E-state index contributed by atoms with van der Waals surface area (Å²) < 4.78 is 0. The fourth-order valence-electron chi connectivity index (χ4n) is 2.35. The van der Waals surface area contributed by atoms with Gasteiger partial charge in [-0.3, -0.25) is 4.98 Å². The zero-order chi connectivity index (χ0) is 17.3. The summed E-state index contributed by atoms with van der Waals surface area (Å²) in [5.74, 6) is 0.704. The van der Waals surface area contributed by atoms with Gasteiger partial charge < -0.3 is 0 Å². The fourth-order valence-corrected chi connectivity index (χ4v) is 2.73. The highest BCUT2D eigenvalue weighted by atomic mass is 35.5. The second kappa shape index (κ2) is 6.75. The van der Waals surface area contributed by atoms with Crippen molar-refractivity contribution < 1.29 is 0 Å². The number of aryl methyl sites for hydroxylation is 2. The van der Waals surface area contributed by atoms with E-state index in [-0.39, 0.29) is 0 Å². The Morgan fingerprint density at radius 3 is 2.54 bits per heavy atom. The lowest BCUT2D eigenvalue weighted by Gasteiger charge is -2.08. The van der Waals surface area contributed by atoms with Crippen molar-refractivity contribution in [3.63, 3.8) is 0 Å². The second-order valence-corrected chi connectivity index (χ2v) is 6.27. The summed E-state index contributed by atoms with van der Waals surface area (Å²) in [6.45, 7) is 3.96. The molecule has 6 heteroatoms. The Labute approximate surface area is 149 Å². The average Bonchev–Trinajstić information content (AvgIpc) is 2.57. The SMILES string of the molecule is CCc1ccc(Cl)c(-c2nc(-c3ccc(C)c(Cl)c3)nc(=O)[nH]2)c1. The number of hydrogen-bond acceptors (Lipinski definition) is 3. The third-order valence-electron chi connectivity index (χ3n) is 3.77. The maximum absolute atomic E-state index is 12.0. The molecule has 1 aromatic heterocycles. The Kier molecular flexibility index (Phi) is 4.69. The molecule has 122 valence electrons. The van der Waals surface area contributed by atoms with Crippen molar-refractivity contribution in [2.75, 3.05) is 0 Å². The molecule has 0 amide bonds. The van der Waals surface area contributed by atoms with Gasteiger partial charge in [-0.1, -0.05) is 48.3 Å². The summed E-state index contributed by atoms with van der Waals surface area (Å²) in [5.41, 5.74) is 2.93. The van der Waals surface area contributed by atoms with E-state index < -0.39 is 5.69 Å². The normalized spacial score (nSPS) is 10.8. The second-order valence-electron chi connectivity index (χ2n) is 5.46. The van der Waals surface area contributed by atoms with Crippen LogP contribution in [-0.2, 0) is 6.42 Å². The Morgan fingerprint density at radius 2 is 1.83 bits per heavy atom. The molecule has 0 unspecified atom stereocenters. The van der Waals surface area contributed by atoms with Crippen LogP contribution in [0.5, 0.6) is 0 Å². The van der Waals surface area contributed by atoms with E-state index in [0.717, 1.165) is 17.5 Å². The van der Waals surface area contributed by atoms with Gasteiger partial charge in [-0.05, 0) is 42.7 Å². The Hall–Kier alpha value is -2.17. The minimum Gasteiger partial charge on any atom is -0.290 e. The molecule has 0 atom stereocenters. The van der Waals surface area contributed by atoms with Crippen LogP contribution in [-0.4, -0.2) is 15.0 Å². The van der Waals surface area contributed by atoms with Crippen molar-refractivity contribution in [3.8, 4) is 22.8 Å². The molecule has 0 fully saturated rings. The number of hydrogen-bond donors (Lipinski definition) is 1. The predicted molar refractivity (Wildman–Crippen MR) is 97.7 cm³/mol. The first-order valence-electron chi connectivity index (χ1n) is 7.51. The lowest BCUT2D eigenvalue weighted by atomic mass is 10.1. The molecule has 0 aliphatic rings. The zero-order valence-corrected chi connectivity index (χ0v) is 14.7. The van der Waals surface area contributed by atoms with E-state index in [1.807, 2.05) is 31.2 Å². The highest BCUT2D eigenvalue weighted by molar-refractivity contribution is 6.33. The summed E-state index contributed by atoms with van der Waals surface area (Å²) in [5, 5.41) is 1.12. The Morgan fingerprint density at radius 1 is 1.04 bits per heavy atom. The van der Waals surface area contributed by atoms with Crippen LogP contribution in [0.1, 0.15) is 18.1 Å². The number of nitrogens with zero attached hydrogens (tertiary/aromatic N) is 2. The first kappa shape index (κ1) is 16.7. The molecule has 4 nitrogen and oxygen atoms in total. The van der Waals surface area contributed by atoms with Crippen molar-refractivity contribution in [2.24, 2.45) is 0 Å². The maximum Gasteiger partial charge on any atom is 0.348 e. The summed E-state index contributed by atoms with van der Waals surface area (Å²) >= 11 is 12.4. The number of aromatic nitrogens is 3. The first-order valence-corrected chi connectivity index (χ1v) is 8.27. The van der Waals surface area contributed by atoms with Gasteiger partial charge in [0, 0.05) is 16.1 Å². The van der Waals surface area contributed by atoms with E-state index in [4.69, 9.17) is 23.2 Å². The van der Waals surface area contributed by atoms with E-state index >= 15 is 0 Å². The third-order valence-corrected chi connectivity index (χ3v) is 4.51. The molecule has 0 radical (unpaired) electrons. The van der Waals surface area contributed by atoms with E-state index in [9.17, 15) is 4.79 Å². The van der Waals surface area contributed by atoms with Crippen LogP contribution >= 0.6 is 23.2 Å². The molecule has 2 aromatic carbocycles. The molecule has 3 rings (SSSR count). The summed E-state index contributed by atoms with van der Waals surface area (Å²) in [7, 11) is 0. The molecule has 0 saturated heterocycles. The van der Waals surface area contributed by atoms with Crippen molar-refractivity contribution in [2.45, 2.75) is 20.3 Å². The molecule has 24 heavy (non-hydrogen) atoms. The molecule has 0 aliphatic heterocycles. The van der Waals surface area contributed by atoms with E-state index in [0.29, 0.717) is 32.8 Å². The maximum atomic E-state index is 12.0.